The molecule has 7 nitrogen and oxygen atoms in total. The Balaban J connectivity index is 1.23. The number of benzene rings is 1. The van der Waals surface area contributed by atoms with Crippen LogP contribution in [-0.2, 0) is 26.0 Å². The molecule has 242 valence electrons. The summed E-state index contributed by atoms with van der Waals surface area (Å²) in [6, 6.07) is 4.48. The number of hydrogen-bond donors (Lipinski definition) is 4. The maximum atomic E-state index is 13.2. The topological polar surface area (TPSA) is 107 Å². The van der Waals surface area contributed by atoms with Crippen molar-refractivity contribution in [3.8, 4) is 0 Å². The van der Waals surface area contributed by atoms with Crippen LogP contribution < -0.4 is 0 Å². The second-order valence-corrected chi connectivity index (χ2v) is 16.9. The number of allylic oxidation sites excluding steroid dienone is 1. The van der Waals surface area contributed by atoms with E-state index in [9.17, 15) is 15.3 Å². The van der Waals surface area contributed by atoms with Gasteiger partial charge in [-0.1, -0.05) is 38.6 Å². The van der Waals surface area contributed by atoms with Crippen molar-refractivity contribution in [2.24, 2.45) is 23.2 Å². The number of hydrogen-bond acceptors (Lipinski definition) is 6. The molecule has 3 heterocycles. The predicted octanol–water partition coefficient (Wildman–Crippen LogP) is 5.51. The van der Waals surface area contributed by atoms with Crippen LogP contribution >= 0.6 is 0 Å². The molecule has 2 aromatic rings. The Hall–Kier alpha value is -2.00. The van der Waals surface area contributed by atoms with E-state index in [1.54, 1.807) is 0 Å². The van der Waals surface area contributed by atoms with E-state index < -0.39 is 45.9 Å². The first-order valence-electron chi connectivity index (χ1n) is 17.2. The molecule has 3 saturated carbocycles. The van der Waals surface area contributed by atoms with E-state index in [0.29, 0.717) is 12.3 Å². The Bertz CT molecular complexity index is 1690. The monoisotopic (exact) mass is 615 g/mol. The summed E-state index contributed by atoms with van der Waals surface area (Å²) in [5, 5.41) is 37.0. The summed E-state index contributed by atoms with van der Waals surface area (Å²) in [6.07, 6.45) is 2.48. The van der Waals surface area contributed by atoms with Gasteiger partial charge in [0.15, 0.2) is 5.60 Å². The molecular formula is C38H49NO6. The van der Waals surface area contributed by atoms with Gasteiger partial charge in [-0.2, -0.15) is 0 Å². The summed E-state index contributed by atoms with van der Waals surface area (Å²) in [7, 11) is 1.84. The molecule has 13 atom stereocenters. The molecule has 1 aromatic heterocycles. The largest absolute Gasteiger partial charge is 0.390 e. The van der Waals surface area contributed by atoms with Gasteiger partial charge in [0.2, 0.25) is 0 Å². The second-order valence-electron chi connectivity index (χ2n) is 16.9. The van der Waals surface area contributed by atoms with Gasteiger partial charge in [-0.05, 0) is 99.8 Å². The maximum Gasteiger partial charge on any atom is 0.153 e. The number of epoxide rings is 1. The number of aromatic nitrogens is 1. The van der Waals surface area contributed by atoms with E-state index in [1.165, 1.54) is 33.3 Å². The third kappa shape index (κ3) is 3.03. The summed E-state index contributed by atoms with van der Waals surface area (Å²) in [5.74, 6) is 0.934. The number of fused-ring (bicyclic) bond motifs is 11. The highest BCUT2D eigenvalue weighted by Gasteiger charge is 2.86. The molecular weight excluding hydrogens is 566 g/mol. The Morgan fingerprint density at radius 2 is 1.91 bits per heavy atom. The van der Waals surface area contributed by atoms with E-state index in [2.05, 4.69) is 44.1 Å². The van der Waals surface area contributed by atoms with Crippen molar-refractivity contribution < 1.29 is 29.5 Å². The average Bonchev–Trinajstić information content (AvgIpc) is 3.53. The molecule has 13 unspecified atom stereocenters. The number of aliphatic hydroxyl groups excluding tert-OH is 1. The van der Waals surface area contributed by atoms with Crippen molar-refractivity contribution >= 4 is 10.9 Å². The quantitative estimate of drug-likeness (QED) is 0.268. The minimum atomic E-state index is -1.20. The summed E-state index contributed by atoms with van der Waals surface area (Å²) < 4.78 is 19.5. The van der Waals surface area contributed by atoms with Crippen molar-refractivity contribution in [1.29, 1.82) is 0 Å². The predicted molar refractivity (Wildman–Crippen MR) is 171 cm³/mol. The van der Waals surface area contributed by atoms with Crippen LogP contribution in [0.2, 0.25) is 0 Å². The standard InChI is InChI=1S/C38H49NO6/c1-17(2)30-29(40)33-38(45-33)24(44-30)12-13-35(6)36(7)21(11-14-37(35,38)42)31(43-8)28-27-23(39-32(28)36)10-9-19-15-18(3)20-16-22(34(4,5)41)26(20)25(19)27/h9-10,20-22,24,26,29-31,33,39-42H,1,3,11-16H2,2,4-8H3. The fraction of sp³-hybridized carbons (Fsp3) is 0.684. The number of nitrogens with one attached hydrogen (secondary N) is 1. The molecule has 2 saturated heterocycles. The van der Waals surface area contributed by atoms with Gasteiger partial charge in [0, 0.05) is 46.0 Å². The SMILES string of the molecule is C=C1Cc2ccc3[nH]c4c(c3c2C2C1CC2C(C)(C)O)C(OC)C1CCC2(O)C35OC3C(O)C(C(=C)C)OC5CCC2(C)C41C. The van der Waals surface area contributed by atoms with Gasteiger partial charge in [-0.3, -0.25) is 0 Å². The number of methoxy groups -OCH3 is 1. The minimum Gasteiger partial charge on any atom is -0.390 e. The molecule has 2 aliphatic heterocycles. The maximum absolute atomic E-state index is 13.2. The summed E-state index contributed by atoms with van der Waals surface area (Å²) >= 11 is 0. The molecule has 0 bridgehead atoms. The highest BCUT2D eigenvalue weighted by Crippen LogP contribution is 2.77. The molecule has 4 N–H and O–H groups in total. The fourth-order valence-corrected chi connectivity index (χ4v) is 12.4. The van der Waals surface area contributed by atoms with E-state index in [-0.39, 0.29) is 30.0 Å². The van der Waals surface area contributed by atoms with E-state index in [1.807, 2.05) is 27.9 Å². The minimum absolute atomic E-state index is 0.122. The molecule has 0 radical (unpaired) electrons. The zero-order valence-corrected chi connectivity index (χ0v) is 27.6. The lowest BCUT2D eigenvalue weighted by Crippen LogP contribution is -2.76. The lowest BCUT2D eigenvalue weighted by Gasteiger charge is -2.66. The van der Waals surface area contributed by atoms with Gasteiger partial charge < -0.3 is 34.5 Å². The average molecular weight is 616 g/mol. The van der Waals surface area contributed by atoms with Gasteiger partial charge in [0.25, 0.3) is 0 Å². The normalized spacial score (nSPS) is 49.1. The molecule has 7 aliphatic rings. The highest BCUT2D eigenvalue weighted by atomic mass is 16.7. The van der Waals surface area contributed by atoms with Crippen molar-refractivity contribution in [3.63, 3.8) is 0 Å². The number of H-pyrrole nitrogens is 1. The third-order valence-electron chi connectivity index (χ3n) is 14.9. The van der Waals surface area contributed by atoms with E-state index in [4.69, 9.17) is 14.2 Å². The summed E-state index contributed by atoms with van der Waals surface area (Å²) in [5.41, 5.74) is 4.35. The Kier molecular flexibility index (Phi) is 5.53. The van der Waals surface area contributed by atoms with Crippen LogP contribution in [0.3, 0.4) is 0 Å². The molecule has 5 aliphatic carbocycles. The number of aliphatic hydroxyl groups is 3. The van der Waals surface area contributed by atoms with E-state index >= 15 is 0 Å². The Labute approximate surface area is 266 Å². The number of ether oxygens (including phenoxy) is 3. The fourth-order valence-electron chi connectivity index (χ4n) is 12.4. The van der Waals surface area contributed by atoms with E-state index in [0.717, 1.165) is 43.2 Å². The van der Waals surface area contributed by atoms with Crippen molar-refractivity contribution in [2.45, 2.75) is 132 Å². The van der Waals surface area contributed by atoms with Crippen LogP contribution in [-0.4, -0.2) is 68.6 Å². The molecule has 1 aromatic carbocycles. The lowest BCUT2D eigenvalue weighted by molar-refractivity contribution is -0.270. The Morgan fingerprint density at radius 3 is 2.60 bits per heavy atom. The third-order valence-corrected chi connectivity index (χ3v) is 14.9. The first-order valence-corrected chi connectivity index (χ1v) is 17.2. The van der Waals surface area contributed by atoms with Crippen molar-refractivity contribution in [1.82, 2.24) is 4.98 Å². The van der Waals surface area contributed by atoms with Crippen LogP contribution in [0, 0.1) is 23.2 Å². The second kappa shape index (κ2) is 8.53. The smallest absolute Gasteiger partial charge is 0.153 e. The van der Waals surface area contributed by atoms with Crippen molar-refractivity contribution in [2.75, 3.05) is 7.11 Å². The number of rotatable bonds is 3. The molecule has 1 spiro atoms. The summed E-state index contributed by atoms with van der Waals surface area (Å²) in [6.45, 7) is 19.0. The molecule has 45 heavy (non-hydrogen) atoms. The molecule has 7 heteroatoms. The lowest BCUT2D eigenvalue weighted by atomic mass is 9.40. The molecule has 0 amide bonds. The first kappa shape index (κ1) is 29.2. The van der Waals surface area contributed by atoms with Crippen LogP contribution in [0.15, 0.2) is 36.4 Å². The van der Waals surface area contributed by atoms with Gasteiger partial charge in [-0.15, -0.1) is 0 Å². The zero-order valence-electron chi connectivity index (χ0n) is 27.6. The first-order chi connectivity index (χ1) is 21.2. The molecule has 5 fully saturated rings. The van der Waals surface area contributed by atoms with Gasteiger partial charge in [0.05, 0.1) is 17.8 Å². The van der Waals surface area contributed by atoms with Gasteiger partial charge >= 0.3 is 0 Å². The number of aromatic amines is 1. The van der Waals surface area contributed by atoms with Gasteiger partial charge in [-0.25, -0.2) is 0 Å². The van der Waals surface area contributed by atoms with Crippen LogP contribution in [0.5, 0.6) is 0 Å². The Morgan fingerprint density at radius 1 is 1.16 bits per heavy atom. The van der Waals surface area contributed by atoms with Crippen molar-refractivity contribution in [3.05, 3.63) is 58.8 Å². The van der Waals surface area contributed by atoms with Crippen LogP contribution in [0.1, 0.15) is 101 Å². The van der Waals surface area contributed by atoms with Gasteiger partial charge in [0.1, 0.15) is 23.9 Å². The van der Waals surface area contributed by atoms with Crippen LogP contribution in [0.4, 0.5) is 0 Å². The summed E-state index contributed by atoms with van der Waals surface area (Å²) in [4.78, 5) is 3.95. The highest BCUT2D eigenvalue weighted by molar-refractivity contribution is 5.92. The molecule has 9 rings (SSSR count). The van der Waals surface area contributed by atoms with Crippen LogP contribution in [0.25, 0.3) is 10.9 Å². The zero-order chi connectivity index (χ0) is 31.8.